The van der Waals surface area contributed by atoms with Crippen LogP contribution in [0.3, 0.4) is 0 Å². The average Bonchev–Trinajstić information content (AvgIpc) is 2.95. The van der Waals surface area contributed by atoms with Crippen molar-refractivity contribution >= 4 is 21.8 Å². The second kappa shape index (κ2) is 6.23. The lowest BCUT2D eigenvalue weighted by molar-refractivity contribution is 0.312. The zero-order chi connectivity index (χ0) is 13.8. The molecule has 0 aromatic heterocycles. The Kier molecular flexibility index (Phi) is 4.16. The van der Waals surface area contributed by atoms with E-state index in [1.807, 2.05) is 30.3 Å². The monoisotopic (exact) mass is 329 g/mol. The van der Waals surface area contributed by atoms with Crippen molar-refractivity contribution in [2.24, 2.45) is 4.99 Å². The third-order valence-corrected chi connectivity index (χ3v) is 4.12. The van der Waals surface area contributed by atoms with E-state index in [1.54, 1.807) is 0 Å². The molecule has 3 rings (SSSR count). The van der Waals surface area contributed by atoms with E-state index in [1.165, 1.54) is 5.56 Å². The maximum atomic E-state index is 5.74. The Morgan fingerprint density at radius 2 is 1.80 bits per heavy atom. The van der Waals surface area contributed by atoms with Crippen molar-refractivity contribution in [1.29, 1.82) is 0 Å². The summed E-state index contributed by atoms with van der Waals surface area (Å²) in [7, 11) is 0. The quantitative estimate of drug-likeness (QED) is 0.822. The van der Waals surface area contributed by atoms with Crippen molar-refractivity contribution in [3.05, 3.63) is 70.2 Å². The second-order valence-electron chi connectivity index (χ2n) is 4.90. The van der Waals surface area contributed by atoms with Crippen LogP contribution in [0.5, 0.6) is 0 Å². The summed E-state index contributed by atoms with van der Waals surface area (Å²) in [6.45, 7) is 0.684. The van der Waals surface area contributed by atoms with Gasteiger partial charge < -0.3 is 4.74 Å². The summed E-state index contributed by atoms with van der Waals surface area (Å²) < 4.78 is 6.77. The summed E-state index contributed by atoms with van der Waals surface area (Å²) in [6.07, 6.45) is 2.07. The second-order valence-corrected chi connectivity index (χ2v) is 5.76. The van der Waals surface area contributed by atoms with Crippen LogP contribution in [0.2, 0.25) is 0 Å². The zero-order valence-corrected chi connectivity index (χ0v) is 12.7. The van der Waals surface area contributed by atoms with Crippen LogP contribution >= 0.6 is 15.9 Å². The predicted octanol–water partition coefficient (Wildman–Crippen LogP) is 4.23. The van der Waals surface area contributed by atoms with E-state index >= 15 is 0 Å². The number of benzene rings is 2. The number of hydrogen-bond donors (Lipinski definition) is 0. The summed E-state index contributed by atoms with van der Waals surface area (Å²) in [5.41, 5.74) is 2.40. The molecule has 1 aliphatic rings. The van der Waals surface area contributed by atoms with Gasteiger partial charge in [-0.05, 0) is 46.5 Å². The minimum Gasteiger partial charge on any atom is -0.475 e. The number of aliphatic imine (C=N–C) groups is 1. The van der Waals surface area contributed by atoms with E-state index in [2.05, 4.69) is 40.2 Å². The van der Waals surface area contributed by atoms with Crippen molar-refractivity contribution in [2.45, 2.75) is 18.9 Å². The average molecular weight is 330 g/mol. The highest BCUT2D eigenvalue weighted by atomic mass is 79.9. The van der Waals surface area contributed by atoms with E-state index < -0.39 is 0 Å². The lowest BCUT2D eigenvalue weighted by Gasteiger charge is -2.04. The summed E-state index contributed by atoms with van der Waals surface area (Å²) in [5, 5.41) is 0. The molecule has 2 aromatic carbocycles. The number of rotatable bonds is 4. The molecule has 1 aliphatic heterocycles. The summed E-state index contributed by atoms with van der Waals surface area (Å²) >= 11 is 3.54. The Morgan fingerprint density at radius 3 is 2.60 bits per heavy atom. The molecule has 0 radical (unpaired) electrons. The van der Waals surface area contributed by atoms with Crippen LogP contribution in [0.25, 0.3) is 0 Å². The lowest BCUT2D eigenvalue weighted by Crippen LogP contribution is -2.07. The van der Waals surface area contributed by atoms with Crippen molar-refractivity contribution in [3.8, 4) is 0 Å². The third-order valence-electron chi connectivity index (χ3n) is 3.43. The van der Waals surface area contributed by atoms with Crippen LogP contribution in [0.1, 0.15) is 17.5 Å². The minimum absolute atomic E-state index is 0.261. The van der Waals surface area contributed by atoms with Crippen LogP contribution in [-0.2, 0) is 11.2 Å². The SMILES string of the molecule is Brc1ccccc1C1=N[C@@H](CCc2ccccc2)CO1. The molecule has 0 spiro atoms. The maximum absolute atomic E-state index is 5.74. The van der Waals surface area contributed by atoms with E-state index in [4.69, 9.17) is 9.73 Å². The highest BCUT2D eigenvalue weighted by Crippen LogP contribution is 2.22. The van der Waals surface area contributed by atoms with E-state index in [-0.39, 0.29) is 6.04 Å². The normalized spacial score (nSPS) is 17.6. The summed E-state index contributed by atoms with van der Waals surface area (Å²) in [4.78, 5) is 4.70. The molecule has 3 heteroatoms. The summed E-state index contributed by atoms with van der Waals surface area (Å²) in [6, 6.07) is 18.8. The molecule has 2 aromatic rings. The van der Waals surface area contributed by atoms with Crippen molar-refractivity contribution in [3.63, 3.8) is 0 Å². The number of aryl methyl sites for hydroxylation is 1. The molecular weight excluding hydrogens is 314 g/mol. The molecule has 0 N–H and O–H groups in total. The highest BCUT2D eigenvalue weighted by molar-refractivity contribution is 9.10. The van der Waals surface area contributed by atoms with Crippen molar-refractivity contribution in [2.75, 3.05) is 6.61 Å². The van der Waals surface area contributed by atoms with Gasteiger partial charge in [0.15, 0.2) is 0 Å². The smallest absolute Gasteiger partial charge is 0.217 e. The van der Waals surface area contributed by atoms with Crippen LogP contribution in [-0.4, -0.2) is 18.5 Å². The van der Waals surface area contributed by atoms with Gasteiger partial charge in [-0.15, -0.1) is 0 Å². The van der Waals surface area contributed by atoms with Gasteiger partial charge in [0, 0.05) is 4.47 Å². The Balaban J connectivity index is 1.65. The number of hydrogen-bond acceptors (Lipinski definition) is 2. The highest BCUT2D eigenvalue weighted by Gasteiger charge is 2.21. The van der Waals surface area contributed by atoms with E-state index in [0.717, 1.165) is 28.8 Å². The fourth-order valence-electron chi connectivity index (χ4n) is 2.32. The molecular formula is C17H16BrNO. The fraction of sp³-hybridized carbons (Fsp3) is 0.235. The van der Waals surface area contributed by atoms with Crippen LogP contribution in [0.15, 0.2) is 64.1 Å². The van der Waals surface area contributed by atoms with Gasteiger partial charge in [0.05, 0.1) is 11.6 Å². The summed E-state index contributed by atoms with van der Waals surface area (Å²) in [5.74, 6) is 0.760. The first-order valence-electron chi connectivity index (χ1n) is 6.82. The lowest BCUT2D eigenvalue weighted by atomic mass is 10.1. The molecule has 0 amide bonds. The first-order chi connectivity index (χ1) is 9.83. The van der Waals surface area contributed by atoms with Crippen molar-refractivity contribution in [1.82, 2.24) is 0 Å². The van der Waals surface area contributed by atoms with Gasteiger partial charge in [-0.2, -0.15) is 0 Å². The Bertz CT molecular complexity index is 609. The molecule has 0 saturated carbocycles. The molecule has 0 bridgehead atoms. The third kappa shape index (κ3) is 3.10. The van der Waals surface area contributed by atoms with Crippen molar-refractivity contribution < 1.29 is 4.74 Å². The largest absolute Gasteiger partial charge is 0.475 e. The topological polar surface area (TPSA) is 21.6 Å². The van der Waals surface area contributed by atoms with Crippen LogP contribution < -0.4 is 0 Å². The molecule has 0 unspecified atom stereocenters. The van der Waals surface area contributed by atoms with E-state index in [9.17, 15) is 0 Å². The molecule has 1 heterocycles. The standard InChI is InChI=1S/C17H16BrNO/c18-16-9-5-4-8-15(16)17-19-14(12-20-17)11-10-13-6-2-1-3-7-13/h1-9,14H,10-12H2/t14-/m0/s1. The minimum atomic E-state index is 0.261. The number of nitrogens with zero attached hydrogens (tertiary/aromatic N) is 1. The van der Waals surface area contributed by atoms with Gasteiger partial charge in [-0.3, -0.25) is 0 Å². The molecule has 0 aliphatic carbocycles. The zero-order valence-electron chi connectivity index (χ0n) is 11.1. The van der Waals surface area contributed by atoms with Crippen LogP contribution in [0, 0.1) is 0 Å². The van der Waals surface area contributed by atoms with E-state index in [0.29, 0.717) is 6.61 Å². The van der Waals surface area contributed by atoms with Crippen LogP contribution in [0.4, 0.5) is 0 Å². The molecule has 0 fully saturated rings. The molecule has 1 atom stereocenters. The Morgan fingerprint density at radius 1 is 1.05 bits per heavy atom. The first-order valence-corrected chi connectivity index (χ1v) is 7.61. The molecule has 0 saturated heterocycles. The predicted molar refractivity (Wildman–Crippen MR) is 85.2 cm³/mol. The first kappa shape index (κ1) is 13.4. The molecule has 102 valence electrons. The maximum Gasteiger partial charge on any atom is 0.217 e. The van der Waals surface area contributed by atoms with Gasteiger partial charge >= 0.3 is 0 Å². The van der Waals surface area contributed by atoms with Gasteiger partial charge in [0.1, 0.15) is 6.61 Å². The van der Waals surface area contributed by atoms with Gasteiger partial charge in [0.25, 0.3) is 0 Å². The Labute approximate surface area is 127 Å². The van der Waals surface area contributed by atoms with Gasteiger partial charge in [0.2, 0.25) is 5.90 Å². The fourth-order valence-corrected chi connectivity index (χ4v) is 2.78. The number of halogens is 1. The molecule has 20 heavy (non-hydrogen) atoms. The van der Waals surface area contributed by atoms with Gasteiger partial charge in [-0.1, -0.05) is 42.5 Å². The number of ether oxygens (including phenoxy) is 1. The Hall–Kier alpha value is -1.61. The molecule has 2 nitrogen and oxygen atoms in total. The van der Waals surface area contributed by atoms with Gasteiger partial charge in [-0.25, -0.2) is 4.99 Å².